The molecule has 0 spiro atoms. The number of carbonyl (C=O) groups excluding carboxylic acids is 1. The van der Waals surface area contributed by atoms with E-state index >= 15 is 0 Å². The van der Waals surface area contributed by atoms with Gasteiger partial charge in [-0.15, -0.1) is 0 Å². The molecule has 1 aliphatic heterocycles. The second kappa shape index (κ2) is 5.53. The number of hydrogen-bond donors (Lipinski definition) is 2. The van der Waals surface area contributed by atoms with Crippen molar-refractivity contribution in [1.29, 1.82) is 0 Å². The molecule has 0 atom stereocenters. The molecule has 0 aromatic heterocycles. The smallest absolute Gasteiger partial charge is 0.249 e. The average molecular weight is 210 g/mol. The Balaban J connectivity index is 2.48. The number of nitrogens with one attached hydrogen (secondary N) is 1. The summed E-state index contributed by atoms with van der Waals surface area (Å²) in [6, 6.07) is 0. The van der Waals surface area contributed by atoms with Gasteiger partial charge in [-0.1, -0.05) is 6.58 Å². The lowest BCUT2D eigenvalue weighted by atomic mass is 10.3. The van der Waals surface area contributed by atoms with Crippen molar-refractivity contribution >= 4 is 5.91 Å². The molecule has 1 heterocycles. The molecule has 0 radical (unpaired) electrons. The van der Waals surface area contributed by atoms with E-state index in [9.17, 15) is 4.79 Å². The predicted octanol–water partition coefficient (Wildman–Crippen LogP) is -0.359. The molecule has 3 N–H and O–H groups in total. The largest absolute Gasteiger partial charge is 0.372 e. The number of piperazine rings is 1. The first kappa shape index (κ1) is 11.7. The summed E-state index contributed by atoms with van der Waals surface area (Å²) in [4.78, 5) is 13.4. The van der Waals surface area contributed by atoms with Crippen molar-refractivity contribution in [3.05, 3.63) is 24.6 Å². The van der Waals surface area contributed by atoms with Crippen LogP contribution in [0.3, 0.4) is 0 Å². The monoisotopic (exact) mass is 210 g/mol. The third kappa shape index (κ3) is 3.73. The molecule has 1 amide bonds. The minimum Gasteiger partial charge on any atom is -0.372 e. The van der Waals surface area contributed by atoms with Gasteiger partial charge in [0.05, 0.1) is 0 Å². The van der Waals surface area contributed by atoms with Gasteiger partial charge in [0, 0.05) is 38.0 Å². The first-order valence-corrected chi connectivity index (χ1v) is 4.98. The topological polar surface area (TPSA) is 61.6 Å². The summed E-state index contributed by atoms with van der Waals surface area (Å²) in [5.41, 5.74) is 0.961. The third-order valence-electron chi connectivity index (χ3n) is 2.40. The van der Waals surface area contributed by atoms with Crippen molar-refractivity contribution in [3.8, 4) is 0 Å². The number of nitrogens with two attached hydrogens (primary N) is 1. The molecule has 1 fully saturated rings. The highest BCUT2D eigenvalue weighted by molar-refractivity contribution is 5.88. The molecule has 0 aliphatic carbocycles. The second-order valence-electron chi connectivity index (χ2n) is 3.52. The van der Waals surface area contributed by atoms with Gasteiger partial charge in [0.25, 0.3) is 0 Å². The molecule has 15 heavy (non-hydrogen) atoms. The molecule has 1 rings (SSSR count). The zero-order valence-electron chi connectivity index (χ0n) is 9.07. The molecule has 84 valence electrons. The van der Waals surface area contributed by atoms with Crippen LogP contribution in [0.4, 0.5) is 0 Å². The Kier molecular flexibility index (Phi) is 4.33. The lowest BCUT2D eigenvalue weighted by Gasteiger charge is -2.34. The minimum atomic E-state index is -0.141. The Morgan fingerprint density at radius 2 is 2.00 bits per heavy atom. The van der Waals surface area contributed by atoms with Gasteiger partial charge in [0.15, 0.2) is 0 Å². The maximum Gasteiger partial charge on any atom is 0.249 e. The van der Waals surface area contributed by atoms with Gasteiger partial charge in [-0.2, -0.15) is 0 Å². The lowest BCUT2D eigenvalue weighted by molar-refractivity contribution is -0.115. The molecular weight excluding hydrogens is 192 g/mol. The summed E-state index contributed by atoms with van der Waals surface area (Å²) in [5.74, 6) is 5.50. The summed E-state index contributed by atoms with van der Waals surface area (Å²) in [6.07, 6.45) is 2.96. The average Bonchev–Trinajstić information content (AvgIpc) is 2.18. The molecule has 1 saturated heterocycles. The molecule has 0 aromatic carbocycles. The molecule has 0 aromatic rings. The Hall–Kier alpha value is -1.33. The van der Waals surface area contributed by atoms with E-state index in [0.717, 1.165) is 31.9 Å². The van der Waals surface area contributed by atoms with Crippen LogP contribution in [0.25, 0.3) is 0 Å². The van der Waals surface area contributed by atoms with Crippen LogP contribution in [-0.4, -0.2) is 42.0 Å². The van der Waals surface area contributed by atoms with Crippen molar-refractivity contribution < 1.29 is 4.79 Å². The van der Waals surface area contributed by atoms with E-state index in [1.54, 1.807) is 11.1 Å². The highest BCUT2D eigenvalue weighted by atomic mass is 16.1. The third-order valence-corrected chi connectivity index (χ3v) is 2.40. The Labute approximate surface area is 90.2 Å². The van der Waals surface area contributed by atoms with Gasteiger partial charge in [-0.3, -0.25) is 10.6 Å². The number of allylic oxidation sites excluding steroid dienone is 1. The molecule has 0 unspecified atom stereocenters. The standard InChI is InChI=1S/C10H18N4O/c1-3-12-10(15)8-9(2)13-4-6-14(11)7-5-13/h3,8H,1,4-7,11H2,2H3,(H,12,15)/b9-8+. The Morgan fingerprint density at radius 3 is 2.53 bits per heavy atom. The molecule has 5 heteroatoms. The highest BCUT2D eigenvalue weighted by Gasteiger charge is 2.14. The van der Waals surface area contributed by atoms with Crippen LogP contribution in [0.2, 0.25) is 0 Å². The zero-order valence-corrected chi connectivity index (χ0v) is 9.07. The zero-order chi connectivity index (χ0) is 11.3. The van der Waals surface area contributed by atoms with Crippen LogP contribution in [0, 0.1) is 0 Å². The number of rotatable bonds is 3. The first-order chi connectivity index (χ1) is 7.13. The molecular formula is C10H18N4O. The van der Waals surface area contributed by atoms with E-state index in [0.29, 0.717) is 0 Å². The van der Waals surface area contributed by atoms with Crippen LogP contribution in [0.15, 0.2) is 24.6 Å². The summed E-state index contributed by atoms with van der Waals surface area (Å²) < 4.78 is 0. The van der Waals surface area contributed by atoms with Gasteiger partial charge < -0.3 is 10.2 Å². The normalized spacial score (nSPS) is 18.8. The van der Waals surface area contributed by atoms with E-state index < -0.39 is 0 Å². The molecule has 0 bridgehead atoms. The number of carbonyl (C=O) groups is 1. The van der Waals surface area contributed by atoms with Crippen LogP contribution in [0.1, 0.15) is 6.92 Å². The fourth-order valence-corrected chi connectivity index (χ4v) is 1.50. The Bertz CT molecular complexity index is 267. The van der Waals surface area contributed by atoms with Gasteiger partial charge in [0.2, 0.25) is 5.91 Å². The second-order valence-corrected chi connectivity index (χ2v) is 3.52. The maximum absolute atomic E-state index is 11.2. The van der Waals surface area contributed by atoms with E-state index in [2.05, 4.69) is 16.8 Å². The molecule has 5 nitrogen and oxygen atoms in total. The van der Waals surface area contributed by atoms with Gasteiger partial charge in [0.1, 0.15) is 0 Å². The first-order valence-electron chi connectivity index (χ1n) is 4.98. The van der Waals surface area contributed by atoms with E-state index in [-0.39, 0.29) is 5.91 Å². The fourth-order valence-electron chi connectivity index (χ4n) is 1.50. The van der Waals surface area contributed by atoms with Crippen molar-refractivity contribution in [2.75, 3.05) is 26.2 Å². The summed E-state index contributed by atoms with van der Waals surface area (Å²) in [6.45, 7) is 8.74. The lowest BCUT2D eigenvalue weighted by Crippen LogP contribution is -2.48. The SMILES string of the molecule is C=CNC(=O)/C=C(\C)N1CCN(N)CC1. The van der Waals surface area contributed by atoms with Crippen molar-refractivity contribution in [2.45, 2.75) is 6.92 Å². The summed E-state index contributed by atoms with van der Waals surface area (Å²) in [7, 11) is 0. The maximum atomic E-state index is 11.2. The highest BCUT2D eigenvalue weighted by Crippen LogP contribution is 2.06. The summed E-state index contributed by atoms with van der Waals surface area (Å²) in [5, 5.41) is 4.30. The van der Waals surface area contributed by atoms with Crippen LogP contribution < -0.4 is 11.2 Å². The van der Waals surface area contributed by atoms with E-state index in [4.69, 9.17) is 5.84 Å². The van der Waals surface area contributed by atoms with Gasteiger partial charge in [-0.05, 0) is 13.1 Å². The fraction of sp³-hybridized carbons (Fsp3) is 0.500. The number of hydrazine groups is 1. The Morgan fingerprint density at radius 1 is 1.40 bits per heavy atom. The summed E-state index contributed by atoms with van der Waals surface area (Å²) >= 11 is 0. The quantitative estimate of drug-likeness (QED) is 0.493. The van der Waals surface area contributed by atoms with E-state index in [1.165, 1.54) is 6.20 Å². The number of hydrogen-bond acceptors (Lipinski definition) is 4. The van der Waals surface area contributed by atoms with Crippen molar-refractivity contribution in [2.24, 2.45) is 5.84 Å². The van der Waals surface area contributed by atoms with Crippen molar-refractivity contribution in [3.63, 3.8) is 0 Å². The van der Waals surface area contributed by atoms with Crippen molar-refractivity contribution in [1.82, 2.24) is 15.2 Å². The van der Waals surface area contributed by atoms with E-state index in [1.807, 2.05) is 6.92 Å². The number of amides is 1. The van der Waals surface area contributed by atoms with Gasteiger partial charge >= 0.3 is 0 Å². The van der Waals surface area contributed by atoms with Crippen LogP contribution in [0.5, 0.6) is 0 Å². The minimum absolute atomic E-state index is 0.141. The molecule has 1 aliphatic rings. The van der Waals surface area contributed by atoms with Crippen LogP contribution >= 0.6 is 0 Å². The molecule has 0 saturated carbocycles. The van der Waals surface area contributed by atoms with Crippen LogP contribution in [-0.2, 0) is 4.79 Å². The number of nitrogens with zero attached hydrogens (tertiary/aromatic N) is 2. The van der Waals surface area contributed by atoms with Gasteiger partial charge in [-0.25, -0.2) is 5.01 Å². The predicted molar refractivity (Wildman–Crippen MR) is 59.4 cm³/mol.